The Hall–Kier alpha value is -0.300. The fourth-order valence-corrected chi connectivity index (χ4v) is 0.579. The summed E-state index contributed by atoms with van der Waals surface area (Å²) < 4.78 is 0. The first kappa shape index (κ1) is 4.85. The first-order chi connectivity index (χ1) is 3.34. The highest BCUT2D eigenvalue weighted by Gasteiger charge is 2.13. The van der Waals surface area contributed by atoms with Crippen LogP contribution in [0.15, 0.2) is 11.6 Å². The van der Waals surface area contributed by atoms with Gasteiger partial charge in [0.15, 0.2) is 0 Å². The van der Waals surface area contributed by atoms with Gasteiger partial charge in [0.1, 0.15) is 0 Å². The van der Waals surface area contributed by atoms with Gasteiger partial charge in [-0.3, -0.25) is 0 Å². The number of hydrogen-bond acceptors (Lipinski definition) is 1. The van der Waals surface area contributed by atoms with E-state index in [-0.39, 0.29) is 0 Å². The molecule has 0 bridgehead atoms. The molecule has 0 unspecified atom stereocenters. The Labute approximate surface area is 43.7 Å². The summed E-state index contributed by atoms with van der Waals surface area (Å²) in [4.78, 5) is 0. The van der Waals surface area contributed by atoms with E-state index in [1.807, 2.05) is 6.92 Å². The monoisotopic (exact) mass is 98.1 g/mol. The SMILES string of the molecule is C[C@@H](CO)C1=CC1. The molecule has 0 radical (unpaired) electrons. The van der Waals surface area contributed by atoms with Gasteiger partial charge in [-0.15, -0.1) is 0 Å². The molecule has 1 heteroatoms. The molecular weight excluding hydrogens is 88.1 g/mol. The molecule has 0 amide bonds. The van der Waals surface area contributed by atoms with Gasteiger partial charge in [-0.2, -0.15) is 0 Å². The largest absolute Gasteiger partial charge is 0.396 e. The molecule has 0 aromatic heterocycles. The van der Waals surface area contributed by atoms with E-state index < -0.39 is 0 Å². The zero-order valence-corrected chi connectivity index (χ0v) is 4.52. The molecule has 1 nitrogen and oxygen atoms in total. The van der Waals surface area contributed by atoms with Gasteiger partial charge in [-0.25, -0.2) is 0 Å². The molecule has 0 spiro atoms. The van der Waals surface area contributed by atoms with Gasteiger partial charge < -0.3 is 5.11 Å². The first-order valence-corrected chi connectivity index (χ1v) is 2.64. The van der Waals surface area contributed by atoms with Crippen molar-refractivity contribution in [3.05, 3.63) is 11.6 Å². The molecule has 0 aromatic rings. The highest BCUT2D eigenvalue weighted by atomic mass is 16.3. The number of aliphatic hydroxyl groups is 1. The number of aliphatic hydroxyl groups excluding tert-OH is 1. The lowest BCUT2D eigenvalue weighted by Crippen LogP contribution is -1.96. The van der Waals surface area contributed by atoms with E-state index in [4.69, 9.17) is 5.11 Å². The molecule has 0 aromatic carbocycles. The number of hydrogen-bond donors (Lipinski definition) is 1. The van der Waals surface area contributed by atoms with Crippen molar-refractivity contribution in [3.8, 4) is 0 Å². The quantitative estimate of drug-likeness (QED) is 0.510. The Balaban J connectivity index is 2.24. The zero-order valence-electron chi connectivity index (χ0n) is 4.52. The summed E-state index contributed by atoms with van der Waals surface area (Å²) >= 11 is 0. The third-order valence-electron chi connectivity index (χ3n) is 1.35. The molecule has 7 heavy (non-hydrogen) atoms. The van der Waals surface area contributed by atoms with Crippen LogP contribution in [0.25, 0.3) is 0 Å². The number of rotatable bonds is 2. The van der Waals surface area contributed by atoms with Crippen LogP contribution in [-0.4, -0.2) is 11.7 Å². The molecule has 1 rings (SSSR count). The van der Waals surface area contributed by atoms with Gasteiger partial charge in [0, 0.05) is 12.5 Å². The molecule has 0 heterocycles. The number of allylic oxidation sites excluding steroid dienone is 1. The summed E-state index contributed by atoms with van der Waals surface area (Å²) in [6.07, 6.45) is 3.29. The zero-order chi connectivity index (χ0) is 5.28. The molecule has 1 aliphatic rings. The van der Waals surface area contributed by atoms with Crippen LogP contribution in [0.3, 0.4) is 0 Å². The predicted octanol–water partition coefficient (Wildman–Crippen LogP) is 0.945. The fourth-order valence-electron chi connectivity index (χ4n) is 0.579. The van der Waals surface area contributed by atoms with Crippen LogP contribution in [-0.2, 0) is 0 Å². The normalized spacial score (nSPS) is 21.1. The lowest BCUT2D eigenvalue weighted by Gasteiger charge is -1.97. The molecule has 0 aliphatic heterocycles. The summed E-state index contributed by atoms with van der Waals surface area (Å²) in [7, 11) is 0. The lowest BCUT2D eigenvalue weighted by molar-refractivity contribution is 0.258. The van der Waals surface area contributed by atoms with E-state index in [2.05, 4.69) is 6.08 Å². The van der Waals surface area contributed by atoms with Gasteiger partial charge in [-0.05, 0) is 6.42 Å². The van der Waals surface area contributed by atoms with Gasteiger partial charge in [0.2, 0.25) is 0 Å². The van der Waals surface area contributed by atoms with Crippen LogP contribution in [0.4, 0.5) is 0 Å². The summed E-state index contributed by atoms with van der Waals surface area (Å²) in [5, 5.41) is 8.50. The van der Waals surface area contributed by atoms with Crippen LogP contribution >= 0.6 is 0 Å². The van der Waals surface area contributed by atoms with Crippen molar-refractivity contribution in [2.24, 2.45) is 5.92 Å². The minimum Gasteiger partial charge on any atom is -0.396 e. The van der Waals surface area contributed by atoms with Crippen LogP contribution in [0.5, 0.6) is 0 Å². The molecule has 1 N–H and O–H groups in total. The van der Waals surface area contributed by atoms with Crippen molar-refractivity contribution in [3.63, 3.8) is 0 Å². The average molecular weight is 98.1 g/mol. The van der Waals surface area contributed by atoms with Gasteiger partial charge in [-0.1, -0.05) is 18.6 Å². The predicted molar refractivity (Wildman–Crippen MR) is 28.9 cm³/mol. The average Bonchev–Trinajstić information content (AvgIpc) is 2.44. The van der Waals surface area contributed by atoms with E-state index in [0.717, 1.165) is 6.42 Å². The molecule has 0 saturated carbocycles. The summed E-state index contributed by atoms with van der Waals surface area (Å²) in [5.41, 5.74) is 1.42. The second-order valence-electron chi connectivity index (χ2n) is 2.07. The minimum absolute atomic E-state index is 0.311. The lowest BCUT2D eigenvalue weighted by atomic mass is 10.1. The Morgan fingerprint density at radius 2 is 2.57 bits per heavy atom. The second kappa shape index (κ2) is 1.66. The van der Waals surface area contributed by atoms with E-state index >= 15 is 0 Å². The summed E-state index contributed by atoms with van der Waals surface area (Å²) in [5.74, 6) is 0.431. The van der Waals surface area contributed by atoms with Crippen molar-refractivity contribution in [1.29, 1.82) is 0 Å². The van der Waals surface area contributed by atoms with E-state index in [1.54, 1.807) is 0 Å². The molecule has 0 saturated heterocycles. The Kier molecular flexibility index (Phi) is 1.15. The third kappa shape index (κ3) is 1.03. The van der Waals surface area contributed by atoms with E-state index in [1.165, 1.54) is 5.57 Å². The maximum Gasteiger partial charge on any atom is 0.0493 e. The fraction of sp³-hybridized carbons (Fsp3) is 0.667. The van der Waals surface area contributed by atoms with Gasteiger partial charge >= 0.3 is 0 Å². The van der Waals surface area contributed by atoms with Crippen LogP contribution in [0.1, 0.15) is 13.3 Å². The second-order valence-corrected chi connectivity index (χ2v) is 2.07. The van der Waals surface area contributed by atoms with E-state index in [9.17, 15) is 0 Å². The third-order valence-corrected chi connectivity index (χ3v) is 1.35. The van der Waals surface area contributed by atoms with Gasteiger partial charge in [0.05, 0.1) is 0 Å². The van der Waals surface area contributed by atoms with Crippen LogP contribution in [0, 0.1) is 5.92 Å². The smallest absolute Gasteiger partial charge is 0.0493 e. The van der Waals surface area contributed by atoms with Crippen molar-refractivity contribution < 1.29 is 5.11 Å². The van der Waals surface area contributed by atoms with E-state index in [0.29, 0.717) is 12.5 Å². The first-order valence-electron chi connectivity index (χ1n) is 2.64. The molecule has 1 aliphatic carbocycles. The Morgan fingerprint density at radius 1 is 2.00 bits per heavy atom. The summed E-state index contributed by atoms with van der Waals surface area (Å²) in [6.45, 7) is 2.35. The highest BCUT2D eigenvalue weighted by molar-refractivity contribution is 5.23. The van der Waals surface area contributed by atoms with Crippen molar-refractivity contribution in [1.82, 2.24) is 0 Å². The van der Waals surface area contributed by atoms with Crippen molar-refractivity contribution >= 4 is 0 Å². The molecule has 1 atom stereocenters. The Morgan fingerprint density at radius 3 is 2.71 bits per heavy atom. The molecule has 0 fully saturated rings. The Bertz CT molecular complexity index is 94.4. The minimum atomic E-state index is 0.311. The maximum absolute atomic E-state index is 8.50. The molecular formula is C6H10O. The summed E-state index contributed by atoms with van der Waals surface area (Å²) in [6, 6.07) is 0. The molecule has 40 valence electrons. The maximum atomic E-state index is 8.50. The highest BCUT2D eigenvalue weighted by Crippen LogP contribution is 2.26. The topological polar surface area (TPSA) is 20.2 Å². The standard InChI is InChI=1S/C6H10O/c1-5(4-7)6-2-3-6/h2,5,7H,3-4H2,1H3/t5-/m0/s1. The van der Waals surface area contributed by atoms with Gasteiger partial charge in [0.25, 0.3) is 0 Å². The van der Waals surface area contributed by atoms with Crippen LogP contribution in [0.2, 0.25) is 0 Å². The van der Waals surface area contributed by atoms with Crippen LogP contribution < -0.4 is 0 Å². The van der Waals surface area contributed by atoms with Crippen molar-refractivity contribution in [2.45, 2.75) is 13.3 Å². The van der Waals surface area contributed by atoms with Crippen molar-refractivity contribution in [2.75, 3.05) is 6.61 Å².